The topological polar surface area (TPSA) is 18.5 Å². The quantitative estimate of drug-likeness (QED) is 0.812. The number of hydrogen-bond acceptors (Lipinski definition) is 3. The molecule has 0 aromatic carbocycles. The molecule has 3 aliphatic rings. The minimum absolute atomic E-state index is 0.798. The first-order chi connectivity index (χ1) is 10.3. The maximum atomic E-state index is 3.80. The highest BCUT2D eigenvalue weighted by atomic mass is 15.2. The minimum atomic E-state index is 0.798. The van der Waals surface area contributed by atoms with Crippen LogP contribution in [0, 0.1) is 5.92 Å². The second kappa shape index (κ2) is 7.43. The molecule has 2 bridgehead atoms. The van der Waals surface area contributed by atoms with Crippen molar-refractivity contribution in [1.29, 1.82) is 0 Å². The fraction of sp³-hybridized carbons (Fsp3) is 1.00. The van der Waals surface area contributed by atoms with E-state index < -0.39 is 0 Å². The zero-order chi connectivity index (χ0) is 14.7. The second-order valence-corrected chi connectivity index (χ2v) is 7.61. The van der Waals surface area contributed by atoms with Crippen LogP contribution in [0.5, 0.6) is 0 Å². The van der Waals surface area contributed by atoms with Gasteiger partial charge in [-0.2, -0.15) is 0 Å². The van der Waals surface area contributed by atoms with E-state index in [1.54, 1.807) is 0 Å². The normalized spacial score (nSPS) is 38.0. The van der Waals surface area contributed by atoms with E-state index in [1.807, 2.05) is 0 Å². The van der Waals surface area contributed by atoms with E-state index >= 15 is 0 Å². The first-order valence-corrected chi connectivity index (χ1v) is 9.51. The highest BCUT2D eigenvalue weighted by Gasteiger charge is 2.39. The van der Waals surface area contributed by atoms with Gasteiger partial charge in [-0.25, -0.2) is 0 Å². The van der Waals surface area contributed by atoms with Gasteiger partial charge in [-0.3, -0.25) is 4.90 Å². The number of rotatable bonds is 6. The molecule has 1 N–H and O–H groups in total. The molecular weight excluding hydrogens is 258 g/mol. The number of nitrogens with zero attached hydrogens (tertiary/aromatic N) is 2. The lowest BCUT2D eigenvalue weighted by molar-refractivity contribution is 0.0132. The van der Waals surface area contributed by atoms with Gasteiger partial charge < -0.3 is 10.2 Å². The van der Waals surface area contributed by atoms with Crippen molar-refractivity contribution in [3.63, 3.8) is 0 Å². The summed E-state index contributed by atoms with van der Waals surface area (Å²) in [5, 5.41) is 3.80. The number of hydrogen-bond donors (Lipinski definition) is 1. The van der Waals surface area contributed by atoms with Crippen molar-refractivity contribution in [3.8, 4) is 0 Å². The molecule has 0 aromatic heterocycles. The molecule has 3 unspecified atom stereocenters. The third kappa shape index (κ3) is 3.80. The molecule has 0 aliphatic carbocycles. The molecule has 0 aromatic rings. The van der Waals surface area contributed by atoms with Crippen LogP contribution in [-0.2, 0) is 0 Å². The second-order valence-electron chi connectivity index (χ2n) is 7.61. The summed E-state index contributed by atoms with van der Waals surface area (Å²) < 4.78 is 0. The van der Waals surface area contributed by atoms with Crippen LogP contribution in [0.1, 0.15) is 58.8 Å². The van der Waals surface area contributed by atoms with E-state index in [2.05, 4.69) is 29.0 Å². The van der Waals surface area contributed by atoms with Crippen molar-refractivity contribution in [1.82, 2.24) is 15.1 Å². The maximum absolute atomic E-state index is 3.80. The molecule has 3 fully saturated rings. The molecule has 21 heavy (non-hydrogen) atoms. The fourth-order valence-electron chi connectivity index (χ4n) is 4.94. The Labute approximate surface area is 131 Å². The number of likely N-dealkylation sites (tertiary alicyclic amines) is 1. The van der Waals surface area contributed by atoms with Gasteiger partial charge in [0.25, 0.3) is 0 Å². The van der Waals surface area contributed by atoms with Crippen LogP contribution in [-0.4, -0.2) is 60.6 Å². The van der Waals surface area contributed by atoms with Crippen LogP contribution < -0.4 is 5.32 Å². The molecule has 122 valence electrons. The van der Waals surface area contributed by atoms with Crippen LogP contribution in [0.15, 0.2) is 0 Å². The monoisotopic (exact) mass is 293 g/mol. The summed E-state index contributed by atoms with van der Waals surface area (Å²) in [7, 11) is 0. The van der Waals surface area contributed by atoms with Gasteiger partial charge in [-0.1, -0.05) is 20.3 Å². The number of nitrogens with one attached hydrogen (secondary N) is 1. The standard InChI is InChI=1S/C18H35N3/c1-3-9-19-16-11-17-6-5-7-18(12-16)21(17)14-15-8-10-20(4-2)13-15/h15-19H,3-14H2,1-2H3. The molecule has 3 heterocycles. The molecule has 3 heteroatoms. The first kappa shape index (κ1) is 15.8. The summed E-state index contributed by atoms with van der Waals surface area (Å²) in [6, 6.07) is 2.55. The highest BCUT2D eigenvalue weighted by molar-refractivity contribution is 4.96. The Bertz CT molecular complexity index is 306. The maximum Gasteiger partial charge on any atom is 0.0113 e. The van der Waals surface area contributed by atoms with E-state index in [0.29, 0.717) is 0 Å². The Morgan fingerprint density at radius 1 is 1.05 bits per heavy atom. The average Bonchev–Trinajstić information content (AvgIpc) is 2.93. The van der Waals surface area contributed by atoms with Crippen molar-refractivity contribution in [2.75, 3.05) is 32.7 Å². The summed E-state index contributed by atoms with van der Waals surface area (Å²) in [5.74, 6) is 0.938. The van der Waals surface area contributed by atoms with Gasteiger partial charge in [-0.05, 0) is 64.1 Å². The minimum Gasteiger partial charge on any atom is -0.314 e. The van der Waals surface area contributed by atoms with Crippen molar-refractivity contribution >= 4 is 0 Å². The largest absolute Gasteiger partial charge is 0.314 e. The highest BCUT2D eigenvalue weighted by Crippen LogP contribution is 2.35. The van der Waals surface area contributed by atoms with Gasteiger partial charge in [-0.15, -0.1) is 0 Å². The van der Waals surface area contributed by atoms with Crippen molar-refractivity contribution in [2.24, 2.45) is 5.92 Å². The summed E-state index contributed by atoms with van der Waals surface area (Å²) in [4.78, 5) is 5.56. The van der Waals surface area contributed by atoms with Gasteiger partial charge >= 0.3 is 0 Å². The summed E-state index contributed by atoms with van der Waals surface area (Å²) >= 11 is 0. The molecule has 0 amide bonds. The Kier molecular flexibility index (Phi) is 5.58. The molecule has 3 aliphatic heterocycles. The van der Waals surface area contributed by atoms with E-state index in [4.69, 9.17) is 0 Å². The summed E-state index contributed by atoms with van der Waals surface area (Å²) in [5.41, 5.74) is 0. The number of fused-ring (bicyclic) bond motifs is 2. The van der Waals surface area contributed by atoms with Gasteiger partial charge in [0.1, 0.15) is 0 Å². The average molecular weight is 293 g/mol. The Morgan fingerprint density at radius 3 is 2.43 bits per heavy atom. The van der Waals surface area contributed by atoms with Crippen LogP contribution in [0.4, 0.5) is 0 Å². The van der Waals surface area contributed by atoms with Crippen LogP contribution in [0.2, 0.25) is 0 Å². The van der Waals surface area contributed by atoms with E-state index in [1.165, 1.54) is 77.7 Å². The molecular formula is C18H35N3. The Hall–Kier alpha value is -0.120. The van der Waals surface area contributed by atoms with Gasteiger partial charge in [0.05, 0.1) is 0 Å². The predicted octanol–water partition coefficient (Wildman–Crippen LogP) is 2.71. The molecule has 3 nitrogen and oxygen atoms in total. The Balaban J connectivity index is 1.54. The first-order valence-electron chi connectivity index (χ1n) is 9.51. The van der Waals surface area contributed by atoms with Crippen molar-refractivity contribution in [3.05, 3.63) is 0 Å². The van der Waals surface area contributed by atoms with Crippen LogP contribution in [0.3, 0.4) is 0 Å². The van der Waals surface area contributed by atoms with Gasteiger partial charge in [0.15, 0.2) is 0 Å². The molecule has 0 spiro atoms. The lowest BCUT2D eigenvalue weighted by Crippen LogP contribution is -2.57. The smallest absolute Gasteiger partial charge is 0.0113 e. The van der Waals surface area contributed by atoms with E-state index in [0.717, 1.165) is 24.0 Å². The Morgan fingerprint density at radius 2 is 1.81 bits per heavy atom. The van der Waals surface area contributed by atoms with Crippen molar-refractivity contribution < 1.29 is 0 Å². The predicted molar refractivity (Wildman–Crippen MR) is 89.7 cm³/mol. The molecule has 3 rings (SSSR count). The van der Waals surface area contributed by atoms with Crippen LogP contribution >= 0.6 is 0 Å². The van der Waals surface area contributed by atoms with Gasteiger partial charge in [0.2, 0.25) is 0 Å². The lowest BCUT2D eigenvalue weighted by Gasteiger charge is -2.50. The van der Waals surface area contributed by atoms with Gasteiger partial charge in [0, 0.05) is 31.2 Å². The zero-order valence-electron chi connectivity index (χ0n) is 14.2. The third-order valence-corrected chi connectivity index (χ3v) is 6.10. The lowest BCUT2D eigenvalue weighted by atomic mass is 9.81. The van der Waals surface area contributed by atoms with Crippen molar-refractivity contribution in [2.45, 2.75) is 76.9 Å². The fourth-order valence-corrected chi connectivity index (χ4v) is 4.94. The number of piperidine rings is 2. The zero-order valence-corrected chi connectivity index (χ0v) is 14.2. The van der Waals surface area contributed by atoms with E-state index in [9.17, 15) is 0 Å². The molecule has 3 atom stereocenters. The summed E-state index contributed by atoms with van der Waals surface area (Å²) in [6.45, 7) is 11.1. The molecule has 3 saturated heterocycles. The third-order valence-electron chi connectivity index (χ3n) is 6.10. The SMILES string of the molecule is CCCNC1CC2CCCC(C1)N2CC1CCN(CC)C1. The van der Waals surface area contributed by atoms with E-state index in [-0.39, 0.29) is 0 Å². The molecule has 0 saturated carbocycles. The van der Waals surface area contributed by atoms with Crippen LogP contribution in [0.25, 0.3) is 0 Å². The summed E-state index contributed by atoms with van der Waals surface area (Å²) in [6.07, 6.45) is 9.88. The molecule has 0 radical (unpaired) electrons.